The molecule has 0 atom stereocenters. The zero-order valence-corrected chi connectivity index (χ0v) is 18.7. The molecule has 0 saturated heterocycles. The van der Waals surface area contributed by atoms with E-state index in [1.807, 2.05) is 32.2 Å². The quantitative estimate of drug-likeness (QED) is 0.431. The van der Waals surface area contributed by atoms with Gasteiger partial charge in [0.25, 0.3) is 10.0 Å². The Kier molecular flexibility index (Phi) is 9.00. The van der Waals surface area contributed by atoms with Crippen LogP contribution < -0.4 is 9.62 Å². The number of hydrogen-bond acceptors (Lipinski definition) is 5. The highest BCUT2D eigenvalue weighted by Gasteiger charge is 2.27. The van der Waals surface area contributed by atoms with Crippen molar-refractivity contribution in [3.63, 3.8) is 0 Å². The lowest BCUT2D eigenvalue weighted by Gasteiger charge is -2.24. The van der Waals surface area contributed by atoms with Crippen molar-refractivity contribution in [3.05, 3.63) is 54.1 Å². The third-order valence-electron chi connectivity index (χ3n) is 4.25. The van der Waals surface area contributed by atoms with Crippen molar-refractivity contribution in [2.45, 2.75) is 30.1 Å². The van der Waals surface area contributed by atoms with E-state index in [9.17, 15) is 13.2 Å². The maximum absolute atomic E-state index is 13.3. The van der Waals surface area contributed by atoms with Crippen molar-refractivity contribution in [3.8, 4) is 0 Å². The van der Waals surface area contributed by atoms with Crippen LogP contribution in [0.3, 0.4) is 0 Å². The molecule has 0 fully saturated rings. The van der Waals surface area contributed by atoms with Crippen LogP contribution >= 0.6 is 11.8 Å². The van der Waals surface area contributed by atoms with Gasteiger partial charge in [0.1, 0.15) is 6.54 Å². The van der Waals surface area contributed by atoms with Crippen LogP contribution in [0.2, 0.25) is 0 Å². The Hall–Kier alpha value is -2.03. The van der Waals surface area contributed by atoms with Gasteiger partial charge in [0.15, 0.2) is 0 Å². The molecule has 6 nitrogen and oxygen atoms in total. The minimum Gasteiger partial charge on any atom is -0.382 e. The van der Waals surface area contributed by atoms with Gasteiger partial charge in [0, 0.05) is 24.7 Å². The Morgan fingerprint density at radius 2 is 1.76 bits per heavy atom. The molecule has 2 aromatic rings. The third kappa shape index (κ3) is 6.76. The average Bonchev–Trinajstić information content (AvgIpc) is 2.72. The van der Waals surface area contributed by atoms with E-state index >= 15 is 0 Å². The number of sulfonamides is 1. The summed E-state index contributed by atoms with van der Waals surface area (Å²) >= 11 is 1.54. The summed E-state index contributed by atoms with van der Waals surface area (Å²) in [6.07, 6.45) is 2.60. The molecule has 0 aliphatic rings. The van der Waals surface area contributed by atoms with Crippen LogP contribution in [0.1, 0.15) is 18.9 Å². The van der Waals surface area contributed by atoms with Crippen LogP contribution in [-0.4, -0.2) is 46.9 Å². The van der Waals surface area contributed by atoms with Gasteiger partial charge in [-0.1, -0.05) is 17.7 Å². The monoisotopic (exact) mass is 436 g/mol. The molecule has 1 amide bonds. The first-order valence-electron chi connectivity index (χ1n) is 9.46. The molecule has 0 radical (unpaired) electrons. The van der Waals surface area contributed by atoms with E-state index in [4.69, 9.17) is 4.74 Å². The maximum atomic E-state index is 13.3. The van der Waals surface area contributed by atoms with Crippen molar-refractivity contribution >= 4 is 33.4 Å². The Bertz CT molecular complexity index is 882. The fraction of sp³-hybridized carbons (Fsp3) is 0.381. The third-order valence-corrected chi connectivity index (χ3v) is 6.78. The highest BCUT2D eigenvalue weighted by atomic mass is 32.2. The van der Waals surface area contributed by atoms with Crippen LogP contribution in [0.5, 0.6) is 0 Å². The van der Waals surface area contributed by atoms with E-state index in [2.05, 4.69) is 5.32 Å². The summed E-state index contributed by atoms with van der Waals surface area (Å²) in [7, 11) is -3.89. The summed E-state index contributed by atoms with van der Waals surface area (Å²) in [5.74, 6) is -0.355. The van der Waals surface area contributed by atoms with Crippen molar-refractivity contribution < 1.29 is 17.9 Å². The van der Waals surface area contributed by atoms with Crippen LogP contribution in [0.25, 0.3) is 0 Å². The van der Waals surface area contributed by atoms with Crippen molar-refractivity contribution in [2.24, 2.45) is 0 Å². The smallest absolute Gasteiger partial charge is 0.264 e. The molecule has 0 aliphatic carbocycles. The molecule has 0 aliphatic heterocycles. The number of aryl methyl sites for hydroxylation is 1. The lowest BCUT2D eigenvalue weighted by molar-refractivity contribution is -0.119. The molecule has 2 rings (SSSR count). The van der Waals surface area contributed by atoms with Gasteiger partial charge in [-0.3, -0.25) is 9.10 Å². The normalized spacial score (nSPS) is 11.3. The van der Waals surface area contributed by atoms with E-state index in [1.165, 1.54) is 11.8 Å². The second kappa shape index (κ2) is 11.2. The zero-order valence-electron chi connectivity index (χ0n) is 17.1. The minimum atomic E-state index is -3.89. The standard InChI is InChI=1S/C21H28N2O4S2/c1-4-27-15-5-14-22-21(24)16-23(18-8-6-17(2)7-9-18)29(25,26)20-12-10-19(28-3)11-13-20/h6-13H,4-5,14-16H2,1-3H3,(H,22,24). The SMILES string of the molecule is CCOCCCNC(=O)CN(c1ccc(C)cc1)S(=O)(=O)c1ccc(SC)cc1. The molecular formula is C21H28N2O4S2. The van der Waals surface area contributed by atoms with Gasteiger partial charge in [0.2, 0.25) is 5.91 Å². The first-order valence-corrected chi connectivity index (χ1v) is 12.1. The van der Waals surface area contributed by atoms with Crippen molar-refractivity contribution in [2.75, 3.05) is 36.9 Å². The number of amides is 1. The summed E-state index contributed by atoms with van der Waals surface area (Å²) < 4.78 is 33.0. The van der Waals surface area contributed by atoms with Gasteiger partial charge < -0.3 is 10.1 Å². The molecule has 0 unspecified atom stereocenters. The van der Waals surface area contributed by atoms with Gasteiger partial charge in [-0.25, -0.2) is 8.42 Å². The lowest BCUT2D eigenvalue weighted by Crippen LogP contribution is -2.41. The summed E-state index contributed by atoms with van der Waals surface area (Å²) in [6, 6.07) is 13.8. The topological polar surface area (TPSA) is 75.7 Å². The molecule has 0 heterocycles. The Morgan fingerprint density at radius 1 is 1.10 bits per heavy atom. The zero-order chi connectivity index (χ0) is 21.3. The number of carbonyl (C=O) groups is 1. The Morgan fingerprint density at radius 3 is 2.34 bits per heavy atom. The molecule has 1 N–H and O–H groups in total. The summed E-state index contributed by atoms with van der Waals surface area (Å²) in [5.41, 5.74) is 1.46. The average molecular weight is 437 g/mol. The molecule has 8 heteroatoms. The molecule has 0 saturated carbocycles. The van der Waals surface area contributed by atoms with Crippen LogP contribution in [0.15, 0.2) is 58.3 Å². The fourth-order valence-electron chi connectivity index (χ4n) is 2.63. The van der Waals surface area contributed by atoms with Crippen LogP contribution in [0, 0.1) is 6.92 Å². The van der Waals surface area contributed by atoms with Gasteiger partial charge in [0.05, 0.1) is 10.6 Å². The highest BCUT2D eigenvalue weighted by molar-refractivity contribution is 7.98. The molecule has 29 heavy (non-hydrogen) atoms. The number of thioether (sulfide) groups is 1. The van der Waals surface area contributed by atoms with Crippen LogP contribution in [-0.2, 0) is 19.6 Å². The van der Waals surface area contributed by atoms with Crippen molar-refractivity contribution in [1.29, 1.82) is 0 Å². The molecule has 0 aromatic heterocycles. The molecule has 2 aromatic carbocycles. The second-order valence-corrected chi connectivity index (χ2v) is 9.17. The van der Waals surface area contributed by atoms with Crippen molar-refractivity contribution in [1.82, 2.24) is 5.32 Å². The van der Waals surface area contributed by atoms with E-state index in [1.54, 1.807) is 36.4 Å². The molecule has 158 valence electrons. The summed E-state index contributed by atoms with van der Waals surface area (Å²) in [4.78, 5) is 13.6. The number of hydrogen-bond donors (Lipinski definition) is 1. The van der Waals surface area contributed by atoms with Gasteiger partial charge >= 0.3 is 0 Å². The number of benzene rings is 2. The summed E-state index contributed by atoms with van der Waals surface area (Å²) in [5, 5.41) is 2.77. The van der Waals surface area contributed by atoms with E-state index in [0.717, 1.165) is 14.8 Å². The van der Waals surface area contributed by atoms with Crippen LogP contribution in [0.4, 0.5) is 5.69 Å². The number of rotatable bonds is 11. The molecule has 0 spiro atoms. The number of carbonyl (C=O) groups excluding carboxylic acids is 1. The van der Waals surface area contributed by atoms with E-state index in [-0.39, 0.29) is 17.3 Å². The lowest BCUT2D eigenvalue weighted by atomic mass is 10.2. The maximum Gasteiger partial charge on any atom is 0.264 e. The predicted octanol–water partition coefficient (Wildman–Crippen LogP) is 3.46. The summed E-state index contributed by atoms with van der Waals surface area (Å²) in [6.45, 7) is 5.16. The number of nitrogens with one attached hydrogen (secondary N) is 1. The first-order chi connectivity index (χ1) is 13.9. The fourth-order valence-corrected chi connectivity index (χ4v) is 4.46. The number of nitrogens with zero attached hydrogens (tertiary/aromatic N) is 1. The molecule has 0 bridgehead atoms. The predicted molar refractivity (Wildman–Crippen MR) is 118 cm³/mol. The number of ether oxygens (including phenoxy) is 1. The highest BCUT2D eigenvalue weighted by Crippen LogP contribution is 2.25. The van der Waals surface area contributed by atoms with E-state index in [0.29, 0.717) is 31.9 Å². The molecular weight excluding hydrogens is 408 g/mol. The second-order valence-electron chi connectivity index (χ2n) is 6.42. The van der Waals surface area contributed by atoms with Gasteiger partial charge in [-0.05, 0) is 62.9 Å². The van der Waals surface area contributed by atoms with Gasteiger partial charge in [-0.2, -0.15) is 0 Å². The largest absolute Gasteiger partial charge is 0.382 e. The minimum absolute atomic E-state index is 0.153. The number of anilines is 1. The Balaban J connectivity index is 2.22. The first kappa shape index (κ1) is 23.3. The van der Waals surface area contributed by atoms with Gasteiger partial charge in [-0.15, -0.1) is 11.8 Å². The Labute approximate surface area is 177 Å². The van der Waals surface area contributed by atoms with E-state index < -0.39 is 10.0 Å².